The van der Waals surface area contributed by atoms with Crippen LogP contribution in [0.25, 0.3) is 16.6 Å². The highest BCUT2D eigenvalue weighted by Gasteiger charge is 2.15. The van der Waals surface area contributed by atoms with Gasteiger partial charge in [-0.15, -0.1) is 0 Å². The van der Waals surface area contributed by atoms with Gasteiger partial charge >= 0.3 is 6.03 Å². The maximum atomic E-state index is 13.9. The Kier molecular flexibility index (Phi) is 5.37. The van der Waals surface area contributed by atoms with Crippen molar-refractivity contribution in [2.75, 3.05) is 16.4 Å². The number of amides is 2. The molecule has 2 aromatic heterocycles. The van der Waals surface area contributed by atoms with E-state index in [1.807, 2.05) is 18.3 Å². The summed E-state index contributed by atoms with van der Waals surface area (Å²) in [7, 11) is 0. The van der Waals surface area contributed by atoms with E-state index in [1.165, 1.54) is 18.5 Å². The molecule has 2 aromatic carbocycles. The molecule has 4 N–H and O–H groups in total. The van der Waals surface area contributed by atoms with Crippen molar-refractivity contribution in [3.63, 3.8) is 0 Å². The number of hydrogen-bond acceptors (Lipinski definition) is 4. The van der Waals surface area contributed by atoms with Crippen molar-refractivity contribution in [1.82, 2.24) is 14.6 Å². The summed E-state index contributed by atoms with van der Waals surface area (Å²) in [5.74, 6) is -0.159. The molecule has 0 fully saturated rings. The maximum Gasteiger partial charge on any atom is 0.323 e. The molecule has 9 heteroatoms. The summed E-state index contributed by atoms with van der Waals surface area (Å²) >= 11 is 3.18. The Labute approximate surface area is 180 Å². The molecule has 30 heavy (non-hydrogen) atoms. The van der Waals surface area contributed by atoms with Gasteiger partial charge in [-0.1, -0.05) is 28.1 Å². The lowest BCUT2D eigenvalue weighted by Gasteiger charge is -2.10. The Morgan fingerprint density at radius 1 is 1.20 bits per heavy atom. The van der Waals surface area contributed by atoms with Gasteiger partial charge in [0, 0.05) is 21.9 Å². The number of nitrogens with one attached hydrogen (secondary N) is 2. The molecule has 0 aliphatic heterocycles. The Bertz CT molecular complexity index is 1240. The number of benzene rings is 2. The van der Waals surface area contributed by atoms with Crippen molar-refractivity contribution in [3.8, 4) is 11.1 Å². The summed E-state index contributed by atoms with van der Waals surface area (Å²) in [6.45, 7) is 3.98. The molecule has 0 bridgehead atoms. The number of rotatable bonds is 4. The molecule has 0 unspecified atom stereocenters. The van der Waals surface area contributed by atoms with E-state index in [2.05, 4.69) is 43.6 Å². The molecule has 0 saturated carbocycles. The zero-order chi connectivity index (χ0) is 21.3. The number of urea groups is 1. The smallest absolute Gasteiger partial charge is 0.323 e. The van der Waals surface area contributed by atoms with Gasteiger partial charge in [-0.3, -0.25) is 0 Å². The van der Waals surface area contributed by atoms with Crippen LogP contribution in [0.2, 0.25) is 0 Å². The third kappa shape index (κ3) is 3.84. The Balaban J connectivity index is 1.56. The fourth-order valence-corrected chi connectivity index (χ4v) is 3.53. The molecular weight excluding hydrogens is 451 g/mol. The highest BCUT2D eigenvalue weighted by Crippen LogP contribution is 2.33. The summed E-state index contributed by atoms with van der Waals surface area (Å²) in [4.78, 5) is 16.3. The van der Waals surface area contributed by atoms with Gasteiger partial charge in [0.15, 0.2) is 5.82 Å². The van der Waals surface area contributed by atoms with Crippen molar-refractivity contribution in [1.29, 1.82) is 0 Å². The molecule has 4 rings (SSSR count). The van der Waals surface area contributed by atoms with Crippen LogP contribution in [-0.2, 0) is 6.42 Å². The van der Waals surface area contributed by atoms with Gasteiger partial charge in [0.05, 0.1) is 5.69 Å². The Morgan fingerprint density at radius 3 is 2.67 bits per heavy atom. The van der Waals surface area contributed by atoms with Gasteiger partial charge in [-0.05, 0) is 54.8 Å². The van der Waals surface area contributed by atoms with E-state index in [4.69, 9.17) is 5.73 Å². The minimum atomic E-state index is -0.547. The number of halogens is 2. The summed E-state index contributed by atoms with van der Waals surface area (Å²) < 4.78 is 16.2. The third-order valence-electron chi connectivity index (χ3n) is 4.56. The molecule has 151 valence electrons. The Morgan fingerprint density at radius 2 is 1.97 bits per heavy atom. The second-order valence-electron chi connectivity index (χ2n) is 6.50. The number of carbonyl (C=O) groups is 1. The predicted molar refractivity (Wildman–Crippen MR) is 119 cm³/mol. The molecule has 1 radical (unpaired) electrons. The standard InChI is InChI=1S/C21H17BrFN6O/c1-2-12-10-29-19(20(24)25-11-26-29)18(12)13-3-6-15(7-4-13)27-21(30)28-17-8-5-14(22)9-16(17)23/h3-11H,1-2H2,(H2,24,25,26)(H2,27,28,30). The number of anilines is 3. The largest absolute Gasteiger partial charge is 0.382 e. The topological polar surface area (TPSA) is 97.3 Å². The molecule has 0 aliphatic rings. The fourth-order valence-electron chi connectivity index (χ4n) is 3.19. The van der Waals surface area contributed by atoms with Gasteiger partial charge in [0.2, 0.25) is 0 Å². The molecular formula is C21H17BrFN6O. The van der Waals surface area contributed by atoms with E-state index < -0.39 is 11.8 Å². The molecule has 0 spiro atoms. The van der Waals surface area contributed by atoms with E-state index in [9.17, 15) is 9.18 Å². The minimum Gasteiger partial charge on any atom is -0.382 e. The first-order valence-corrected chi connectivity index (χ1v) is 9.79. The van der Waals surface area contributed by atoms with E-state index >= 15 is 0 Å². The molecule has 2 heterocycles. The van der Waals surface area contributed by atoms with E-state index in [-0.39, 0.29) is 5.69 Å². The van der Waals surface area contributed by atoms with Crippen LogP contribution < -0.4 is 16.4 Å². The second-order valence-corrected chi connectivity index (χ2v) is 7.41. The van der Waals surface area contributed by atoms with Crippen molar-refractivity contribution >= 4 is 44.7 Å². The predicted octanol–water partition coefficient (Wildman–Crippen LogP) is 4.90. The van der Waals surface area contributed by atoms with Gasteiger partial charge in [-0.25, -0.2) is 18.7 Å². The highest BCUT2D eigenvalue weighted by molar-refractivity contribution is 9.10. The number of carbonyl (C=O) groups excluding carboxylic acids is 1. The third-order valence-corrected chi connectivity index (χ3v) is 5.05. The minimum absolute atomic E-state index is 0.0863. The monoisotopic (exact) mass is 467 g/mol. The van der Waals surface area contributed by atoms with Gasteiger partial charge < -0.3 is 16.4 Å². The van der Waals surface area contributed by atoms with Gasteiger partial charge in [0.25, 0.3) is 0 Å². The molecule has 7 nitrogen and oxygen atoms in total. The summed E-state index contributed by atoms with van der Waals surface area (Å²) in [5, 5.41) is 9.38. The van der Waals surface area contributed by atoms with Gasteiger partial charge in [0.1, 0.15) is 17.7 Å². The molecule has 4 aromatic rings. The second kappa shape index (κ2) is 8.11. The lowest BCUT2D eigenvalue weighted by molar-refractivity contribution is 0.262. The first-order chi connectivity index (χ1) is 14.5. The van der Waals surface area contributed by atoms with Crippen LogP contribution in [0.5, 0.6) is 0 Å². The van der Waals surface area contributed by atoms with Crippen molar-refractivity contribution in [2.45, 2.75) is 6.42 Å². The van der Waals surface area contributed by atoms with Crippen molar-refractivity contribution in [2.24, 2.45) is 0 Å². The maximum absolute atomic E-state index is 13.9. The van der Waals surface area contributed by atoms with Crippen molar-refractivity contribution < 1.29 is 9.18 Å². The first-order valence-electron chi connectivity index (χ1n) is 8.99. The summed E-state index contributed by atoms with van der Waals surface area (Å²) in [6.07, 6.45) is 3.83. The van der Waals surface area contributed by atoms with Crippen LogP contribution in [0.15, 0.2) is 59.5 Å². The zero-order valence-corrected chi connectivity index (χ0v) is 17.3. The van der Waals surface area contributed by atoms with Crippen LogP contribution >= 0.6 is 15.9 Å². The van der Waals surface area contributed by atoms with Crippen LogP contribution in [0.3, 0.4) is 0 Å². The lowest BCUT2D eigenvalue weighted by Crippen LogP contribution is -2.20. The molecule has 0 saturated heterocycles. The molecule has 0 aliphatic carbocycles. The van der Waals surface area contributed by atoms with E-state index in [0.717, 1.165) is 16.7 Å². The number of nitrogens with zero attached hydrogens (tertiary/aromatic N) is 3. The highest BCUT2D eigenvalue weighted by atomic mass is 79.9. The van der Waals surface area contributed by atoms with Gasteiger partial charge in [-0.2, -0.15) is 5.10 Å². The molecule has 0 atom stereocenters. The zero-order valence-electron chi connectivity index (χ0n) is 15.7. The van der Waals surface area contributed by atoms with Crippen molar-refractivity contribution in [3.05, 3.63) is 77.8 Å². The van der Waals surface area contributed by atoms with Crippen LogP contribution in [0, 0.1) is 12.7 Å². The lowest BCUT2D eigenvalue weighted by atomic mass is 10.0. The Hall–Kier alpha value is -3.46. The number of aromatic nitrogens is 3. The SMILES string of the molecule is [CH2]Cc1cn2ncnc(N)c2c1-c1ccc(NC(=O)Nc2ccc(Br)cc2F)cc1. The first kappa shape index (κ1) is 19.8. The van der Waals surface area contributed by atoms with Crippen LogP contribution in [0.1, 0.15) is 5.56 Å². The normalized spacial score (nSPS) is 10.9. The number of nitrogens with two attached hydrogens (primary N) is 1. The summed E-state index contributed by atoms with van der Waals surface area (Å²) in [5.41, 5.74) is 10.2. The average molecular weight is 468 g/mol. The number of fused-ring (bicyclic) bond motifs is 1. The number of nitrogen functional groups attached to an aromatic ring is 1. The number of hydrogen-bond donors (Lipinski definition) is 3. The fraction of sp³-hybridized carbons (Fsp3) is 0.0476. The quantitative estimate of drug-likeness (QED) is 0.397. The van der Waals surface area contributed by atoms with Crippen LogP contribution in [-0.4, -0.2) is 20.6 Å². The summed E-state index contributed by atoms with van der Waals surface area (Å²) in [6, 6.07) is 11.1. The van der Waals surface area contributed by atoms with E-state index in [0.29, 0.717) is 27.9 Å². The molecule has 2 amide bonds. The van der Waals surface area contributed by atoms with Crippen LogP contribution in [0.4, 0.5) is 26.4 Å². The average Bonchev–Trinajstić information content (AvgIpc) is 3.11. The van der Waals surface area contributed by atoms with E-state index in [1.54, 1.807) is 22.7 Å².